The van der Waals surface area contributed by atoms with Gasteiger partial charge in [-0.1, -0.05) is 18.2 Å². The van der Waals surface area contributed by atoms with Crippen molar-refractivity contribution in [3.05, 3.63) is 63.6 Å². The number of nitrogen functional groups attached to an aromatic ring is 1. The quantitative estimate of drug-likeness (QED) is 0.503. The van der Waals surface area contributed by atoms with Crippen LogP contribution in [0.2, 0.25) is 0 Å². The number of carboxylic acid groups (broad SMARTS) is 1. The molecule has 2 amide bonds. The fourth-order valence-corrected chi connectivity index (χ4v) is 4.85. The highest BCUT2D eigenvalue weighted by Gasteiger charge is 2.36. The third-order valence-electron chi connectivity index (χ3n) is 5.25. The smallest absolute Gasteiger partial charge is 0.408 e. The summed E-state index contributed by atoms with van der Waals surface area (Å²) in [6, 6.07) is 11.6. The number of nitrogens with zero attached hydrogens (tertiary/aromatic N) is 2. The number of ether oxygens (including phenoxy) is 2. The van der Waals surface area contributed by atoms with Crippen molar-refractivity contribution in [3.63, 3.8) is 0 Å². The second-order valence-corrected chi connectivity index (χ2v) is 8.14. The Bertz CT molecular complexity index is 1180. The maximum Gasteiger partial charge on any atom is 0.408 e. The Balaban J connectivity index is 1.72. The third-order valence-corrected chi connectivity index (χ3v) is 6.40. The second-order valence-electron chi connectivity index (χ2n) is 7.11. The number of methoxy groups -OCH3 is 2. The highest BCUT2D eigenvalue weighted by atomic mass is 32.1. The summed E-state index contributed by atoms with van der Waals surface area (Å²) in [7, 11) is 3.06. The summed E-state index contributed by atoms with van der Waals surface area (Å²) in [5.74, 6) is 0.638. The summed E-state index contributed by atoms with van der Waals surface area (Å²) in [5.41, 5.74) is 8.27. The van der Waals surface area contributed by atoms with Crippen molar-refractivity contribution >= 4 is 34.7 Å². The molecule has 0 radical (unpaired) electrons. The Hall–Kier alpha value is -3.79. The number of fused-ring (bicyclic) bond motifs is 1. The molecule has 1 aliphatic heterocycles. The van der Waals surface area contributed by atoms with Crippen molar-refractivity contribution in [1.82, 2.24) is 9.88 Å². The summed E-state index contributed by atoms with van der Waals surface area (Å²) in [5, 5.41) is 12.8. The van der Waals surface area contributed by atoms with Crippen LogP contribution in [-0.4, -0.2) is 47.8 Å². The number of benzene rings is 2. The van der Waals surface area contributed by atoms with Gasteiger partial charge in [-0.2, -0.15) is 0 Å². The van der Waals surface area contributed by atoms with Crippen molar-refractivity contribution in [3.8, 4) is 11.5 Å². The lowest BCUT2D eigenvalue weighted by atomic mass is 9.97. The van der Waals surface area contributed by atoms with Gasteiger partial charge in [0, 0.05) is 13.0 Å². The normalized spacial score (nSPS) is 15.1. The van der Waals surface area contributed by atoms with Crippen LogP contribution < -0.4 is 20.5 Å². The zero-order chi connectivity index (χ0) is 22.8. The van der Waals surface area contributed by atoms with Gasteiger partial charge in [-0.3, -0.25) is 9.69 Å². The van der Waals surface area contributed by atoms with Crippen LogP contribution in [-0.2, 0) is 6.42 Å². The molecule has 0 bridgehead atoms. The number of para-hydroxylation sites is 2. The minimum atomic E-state index is -1.05. The zero-order valence-electron chi connectivity index (χ0n) is 17.5. The number of hydrogen-bond donors (Lipinski definition) is 3. The molecule has 0 saturated carbocycles. The molecule has 2 heterocycles. The third kappa shape index (κ3) is 3.92. The Labute approximate surface area is 188 Å². The Morgan fingerprint density at radius 2 is 1.94 bits per heavy atom. The minimum absolute atomic E-state index is 0.246. The maximum absolute atomic E-state index is 12.8. The predicted molar refractivity (Wildman–Crippen MR) is 121 cm³/mol. The van der Waals surface area contributed by atoms with E-state index in [0.29, 0.717) is 45.4 Å². The molecule has 1 atom stereocenters. The maximum atomic E-state index is 12.8. The van der Waals surface area contributed by atoms with Crippen LogP contribution in [0.4, 0.5) is 16.2 Å². The van der Waals surface area contributed by atoms with Gasteiger partial charge in [-0.05, 0) is 29.8 Å². The van der Waals surface area contributed by atoms with Crippen LogP contribution in [0.1, 0.15) is 32.0 Å². The molecule has 0 aliphatic carbocycles. The number of aromatic nitrogens is 1. The Kier molecular flexibility index (Phi) is 5.87. The molecule has 166 valence electrons. The van der Waals surface area contributed by atoms with Crippen LogP contribution in [0.3, 0.4) is 0 Å². The van der Waals surface area contributed by atoms with Crippen molar-refractivity contribution in [1.29, 1.82) is 0 Å². The zero-order valence-corrected chi connectivity index (χ0v) is 18.3. The van der Waals surface area contributed by atoms with Crippen molar-refractivity contribution < 1.29 is 24.2 Å². The summed E-state index contributed by atoms with van der Waals surface area (Å²) in [6.45, 7) is 0.262. The highest BCUT2D eigenvalue weighted by molar-refractivity contribution is 7.14. The summed E-state index contributed by atoms with van der Waals surface area (Å²) >= 11 is 1.18. The van der Waals surface area contributed by atoms with Gasteiger partial charge in [0.15, 0.2) is 16.5 Å². The van der Waals surface area contributed by atoms with E-state index in [1.807, 2.05) is 0 Å². The average Bonchev–Trinajstić information content (AvgIpc) is 3.24. The van der Waals surface area contributed by atoms with Gasteiger partial charge in [-0.15, -0.1) is 11.3 Å². The number of amides is 2. The van der Waals surface area contributed by atoms with E-state index in [2.05, 4.69) is 10.3 Å². The van der Waals surface area contributed by atoms with Gasteiger partial charge in [0.1, 0.15) is 0 Å². The molecule has 2 aromatic carbocycles. The van der Waals surface area contributed by atoms with E-state index in [0.717, 1.165) is 0 Å². The monoisotopic (exact) mass is 454 g/mol. The van der Waals surface area contributed by atoms with Crippen LogP contribution in [0.15, 0.2) is 42.5 Å². The van der Waals surface area contributed by atoms with Crippen LogP contribution >= 0.6 is 11.3 Å². The number of hydrogen-bond acceptors (Lipinski definition) is 7. The van der Waals surface area contributed by atoms with Gasteiger partial charge in [0.25, 0.3) is 5.91 Å². The molecular formula is C22H22N4O5S. The Morgan fingerprint density at radius 1 is 1.19 bits per heavy atom. The van der Waals surface area contributed by atoms with E-state index in [9.17, 15) is 14.7 Å². The molecule has 1 aliphatic rings. The molecule has 4 N–H and O–H groups in total. The van der Waals surface area contributed by atoms with Crippen molar-refractivity contribution in [2.75, 3.05) is 31.8 Å². The Morgan fingerprint density at radius 3 is 2.62 bits per heavy atom. The molecule has 10 heteroatoms. The lowest BCUT2D eigenvalue weighted by molar-refractivity contribution is 0.102. The summed E-state index contributed by atoms with van der Waals surface area (Å²) < 4.78 is 10.7. The van der Waals surface area contributed by atoms with Crippen molar-refractivity contribution in [2.45, 2.75) is 12.5 Å². The molecular weight excluding hydrogens is 432 g/mol. The standard InChI is InChI=1S/C22H22N4O5S/c1-30-16-8-7-12(11-17(16)31-2)18-19-15(9-10-26(18)22(28)29)25-21(32-19)20(27)24-14-6-4-3-5-13(14)23/h3-8,11,18H,9-10,23H2,1-2H3,(H,24,27)(H,28,29). The van der Waals surface area contributed by atoms with E-state index in [1.165, 1.54) is 30.5 Å². The van der Waals surface area contributed by atoms with Crippen molar-refractivity contribution in [2.24, 2.45) is 0 Å². The molecule has 1 aromatic heterocycles. The highest BCUT2D eigenvalue weighted by Crippen LogP contribution is 2.41. The number of nitrogens with one attached hydrogen (secondary N) is 1. The van der Waals surface area contributed by atoms with E-state index in [1.54, 1.807) is 42.5 Å². The minimum Gasteiger partial charge on any atom is -0.493 e. The number of rotatable bonds is 5. The molecule has 9 nitrogen and oxygen atoms in total. The number of carbonyl (C=O) groups excluding carboxylic acids is 1. The van der Waals surface area contributed by atoms with E-state index >= 15 is 0 Å². The second kappa shape index (κ2) is 8.75. The summed E-state index contributed by atoms with van der Waals surface area (Å²) in [6.07, 6.45) is -0.630. The first-order chi connectivity index (χ1) is 15.4. The van der Waals surface area contributed by atoms with E-state index in [4.69, 9.17) is 15.2 Å². The molecule has 1 unspecified atom stereocenters. The van der Waals surface area contributed by atoms with Crippen LogP contribution in [0.25, 0.3) is 0 Å². The SMILES string of the molecule is COc1ccc(C2c3sc(C(=O)Nc4ccccc4N)nc3CCN2C(=O)O)cc1OC. The summed E-state index contributed by atoms with van der Waals surface area (Å²) in [4.78, 5) is 31.4. The number of carbonyl (C=O) groups is 2. The van der Waals surface area contributed by atoms with Gasteiger partial charge in [0.2, 0.25) is 0 Å². The molecule has 4 rings (SSSR count). The van der Waals surface area contributed by atoms with Gasteiger partial charge in [-0.25, -0.2) is 9.78 Å². The fraction of sp³-hybridized carbons (Fsp3) is 0.227. The predicted octanol–water partition coefficient (Wildman–Crippen LogP) is 3.62. The topological polar surface area (TPSA) is 127 Å². The van der Waals surface area contributed by atoms with E-state index < -0.39 is 18.0 Å². The largest absolute Gasteiger partial charge is 0.493 e. The first-order valence-corrected chi connectivity index (χ1v) is 10.6. The number of nitrogens with two attached hydrogens (primary N) is 1. The van der Waals surface area contributed by atoms with Gasteiger partial charge < -0.3 is 25.6 Å². The lowest BCUT2D eigenvalue weighted by Crippen LogP contribution is -2.39. The molecule has 0 saturated heterocycles. The van der Waals surface area contributed by atoms with Gasteiger partial charge >= 0.3 is 6.09 Å². The molecule has 32 heavy (non-hydrogen) atoms. The van der Waals surface area contributed by atoms with E-state index in [-0.39, 0.29) is 11.6 Å². The first kappa shape index (κ1) is 21.4. The van der Waals surface area contributed by atoms with Crippen LogP contribution in [0.5, 0.6) is 11.5 Å². The number of anilines is 2. The van der Waals surface area contributed by atoms with Gasteiger partial charge in [0.05, 0.1) is 42.2 Å². The molecule has 3 aromatic rings. The fourth-order valence-electron chi connectivity index (χ4n) is 3.70. The first-order valence-electron chi connectivity index (χ1n) is 9.80. The lowest BCUT2D eigenvalue weighted by Gasteiger charge is -2.33. The van der Waals surface area contributed by atoms with Crippen LogP contribution in [0, 0.1) is 0 Å². The average molecular weight is 455 g/mol. The molecule has 0 spiro atoms. The number of thiazole rings is 1. The molecule has 0 fully saturated rings.